The Bertz CT molecular complexity index is 888. The Morgan fingerprint density at radius 2 is 1.37 bits per heavy atom. The van der Waals surface area contributed by atoms with Gasteiger partial charge in [0.25, 0.3) is 0 Å². The van der Waals surface area contributed by atoms with Gasteiger partial charge in [-0.2, -0.15) is 0 Å². The highest BCUT2D eigenvalue weighted by Gasteiger charge is 2.56. The fourth-order valence-corrected chi connectivity index (χ4v) is 2.92. The quantitative estimate of drug-likeness (QED) is 0.763. The van der Waals surface area contributed by atoms with Gasteiger partial charge in [0.1, 0.15) is 5.41 Å². The van der Waals surface area contributed by atoms with E-state index in [-0.39, 0.29) is 11.8 Å². The second-order valence-electron chi connectivity index (χ2n) is 6.86. The van der Waals surface area contributed by atoms with Gasteiger partial charge in [-0.3, -0.25) is 9.59 Å². The minimum atomic E-state index is -1.02. The normalized spacial score (nSPS) is 14.2. The second-order valence-corrected chi connectivity index (χ2v) is 6.86. The van der Waals surface area contributed by atoms with Gasteiger partial charge in [0.05, 0.1) is 14.2 Å². The number of methoxy groups -OCH3 is 2. The summed E-state index contributed by atoms with van der Waals surface area (Å²) in [6.07, 6.45) is 1.06. The third kappa shape index (κ3) is 3.74. The summed E-state index contributed by atoms with van der Waals surface area (Å²) in [6.45, 7) is 4.00. The van der Waals surface area contributed by atoms with Crippen molar-refractivity contribution in [2.24, 2.45) is 5.41 Å². The average molecular weight is 368 g/mol. The Labute approximate surface area is 158 Å². The van der Waals surface area contributed by atoms with Crippen LogP contribution in [0.2, 0.25) is 0 Å². The zero-order valence-corrected chi connectivity index (χ0v) is 16.0. The number of aryl methyl sites for hydroxylation is 2. The lowest BCUT2D eigenvalue weighted by atomic mass is 10.0. The first-order chi connectivity index (χ1) is 12.9. The first-order valence-corrected chi connectivity index (χ1v) is 8.82. The van der Waals surface area contributed by atoms with Crippen LogP contribution < -0.4 is 20.1 Å². The molecule has 1 saturated carbocycles. The van der Waals surface area contributed by atoms with Gasteiger partial charge in [-0.25, -0.2) is 0 Å². The Balaban J connectivity index is 1.72. The molecule has 0 bridgehead atoms. The van der Waals surface area contributed by atoms with Crippen molar-refractivity contribution in [2.75, 3.05) is 24.9 Å². The van der Waals surface area contributed by atoms with Crippen LogP contribution in [0.15, 0.2) is 36.4 Å². The van der Waals surface area contributed by atoms with Crippen molar-refractivity contribution in [3.8, 4) is 11.5 Å². The van der Waals surface area contributed by atoms with Crippen molar-refractivity contribution < 1.29 is 19.1 Å². The van der Waals surface area contributed by atoms with Gasteiger partial charge in [-0.15, -0.1) is 0 Å². The summed E-state index contributed by atoms with van der Waals surface area (Å²) in [6, 6.07) is 10.8. The highest BCUT2D eigenvalue weighted by Crippen LogP contribution is 2.47. The van der Waals surface area contributed by atoms with E-state index in [9.17, 15) is 9.59 Å². The summed E-state index contributed by atoms with van der Waals surface area (Å²) in [5.41, 5.74) is 2.48. The molecule has 1 aliphatic carbocycles. The molecule has 6 heteroatoms. The van der Waals surface area contributed by atoms with Crippen LogP contribution in [0.4, 0.5) is 11.4 Å². The summed E-state index contributed by atoms with van der Waals surface area (Å²) < 4.78 is 10.4. The lowest BCUT2D eigenvalue weighted by Gasteiger charge is -2.17. The van der Waals surface area contributed by atoms with E-state index in [0.717, 1.165) is 11.1 Å². The number of carbonyl (C=O) groups is 2. The van der Waals surface area contributed by atoms with Crippen LogP contribution in [0, 0.1) is 19.3 Å². The van der Waals surface area contributed by atoms with E-state index >= 15 is 0 Å². The molecule has 0 radical (unpaired) electrons. The van der Waals surface area contributed by atoms with Gasteiger partial charge in [0.2, 0.25) is 11.8 Å². The summed E-state index contributed by atoms with van der Waals surface area (Å²) in [4.78, 5) is 25.5. The number of ether oxygens (including phenoxy) is 2. The summed E-state index contributed by atoms with van der Waals surface area (Å²) in [5, 5.41) is 5.70. The van der Waals surface area contributed by atoms with E-state index in [2.05, 4.69) is 10.6 Å². The highest BCUT2D eigenvalue weighted by atomic mass is 16.5. The molecule has 0 saturated heterocycles. The van der Waals surface area contributed by atoms with Crippen molar-refractivity contribution in [3.63, 3.8) is 0 Å². The Morgan fingerprint density at radius 3 is 1.89 bits per heavy atom. The van der Waals surface area contributed by atoms with Crippen LogP contribution in [0.25, 0.3) is 0 Å². The average Bonchev–Trinajstić information content (AvgIpc) is 3.46. The van der Waals surface area contributed by atoms with E-state index in [0.29, 0.717) is 35.7 Å². The predicted molar refractivity (Wildman–Crippen MR) is 104 cm³/mol. The van der Waals surface area contributed by atoms with E-state index in [4.69, 9.17) is 9.47 Å². The molecule has 0 spiro atoms. The SMILES string of the molecule is COc1ccc(NC(=O)C2(C(=O)Nc3ccc(C)c(C)c3)CC2)cc1OC. The van der Waals surface area contributed by atoms with Gasteiger partial charge in [-0.05, 0) is 62.1 Å². The zero-order chi connectivity index (χ0) is 19.6. The first-order valence-electron chi connectivity index (χ1n) is 8.82. The van der Waals surface area contributed by atoms with Crippen molar-refractivity contribution >= 4 is 23.2 Å². The van der Waals surface area contributed by atoms with E-state index in [1.165, 1.54) is 7.11 Å². The van der Waals surface area contributed by atoms with Crippen molar-refractivity contribution in [1.29, 1.82) is 0 Å². The van der Waals surface area contributed by atoms with Crippen LogP contribution >= 0.6 is 0 Å². The number of hydrogen-bond acceptors (Lipinski definition) is 4. The van der Waals surface area contributed by atoms with Gasteiger partial charge in [0, 0.05) is 17.4 Å². The molecule has 0 aromatic heterocycles. The van der Waals surface area contributed by atoms with E-state index in [1.807, 2.05) is 32.0 Å². The van der Waals surface area contributed by atoms with Crippen molar-refractivity contribution in [1.82, 2.24) is 0 Å². The number of hydrogen-bond donors (Lipinski definition) is 2. The molecule has 27 heavy (non-hydrogen) atoms. The first kappa shape index (κ1) is 18.8. The molecular formula is C21H24N2O4. The molecule has 0 heterocycles. The van der Waals surface area contributed by atoms with E-state index in [1.54, 1.807) is 25.3 Å². The minimum absolute atomic E-state index is 0.274. The molecule has 3 rings (SSSR count). The molecular weight excluding hydrogens is 344 g/mol. The molecule has 1 aliphatic rings. The van der Waals surface area contributed by atoms with Crippen LogP contribution in [0.3, 0.4) is 0 Å². The highest BCUT2D eigenvalue weighted by molar-refractivity contribution is 6.17. The minimum Gasteiger partial charge on any atom is -0.493 e. The Kier molecular flexibility index (Phi) is 5.08. The standard InChI is InChI=1S/C21H24N2O4/c1-13-5-6-15(11-14(13)2)22-19(24)21(9-10-21)20(25)23-16-7-8-17(26-3)18(12-16)27-4/h5-8,11-12H,9-10H2,1-4H3,(H,22,24)(H,23,25). The molecule has 0 aliphatic heterocycles. The smallest absolute Gasteiger partial charge is 0.240 e. The van der Waals surface area contributed by atoms with E-state index < -0.39 is 5.41 Å². The lowest BCUT2D eigenvalue weighted by molar-refractivity contribution is -0.131. The van der Waals surface area contributed by atoms with Gasteiger partial charge >= 0.3 is 0 Å². The Morgan fingerprint density at radius 1 is 0.815 bits per heavy atom. The maximum absolute atomic E-state index is 12.8. The van der Waals surface area contributed by atoms with Crippen LogP contribution in [0.1, 0.15) is 24.0 Å². The zero-order valence-electron chi connectivity index (χ0n) is 16.0. The Hall–Kier alpha value is -3.02. The third-order valence-electron chi connectivity index (χ3n) is 5.03. The van der Waals surface area contributed by atoms with Crippen LogP contribution in [-0.4, -0.2) is 26.0 Å². The maximum Gasteiger partial charge on any atom is 0.240 e. The fraction of sp³-hybridized carbons (Fsp3) is 0.333. The van der Waals surface area contributed by atoms with Gasteiger partial charge < -0.3 is 20.1 Å². The summed E-state index contributed by atoms with van der Waals surface area (Å²) >= 11 is 0. The topological polar surface area (TPSA) is 76.7 Å². The number of rotatable bonds is 6. The number of amides is 2. The molecule has 142 valence electrons. The number of nitrogens with one attached hydrogen (secondary N) is 2. The summed E-state index contributed by atoms with van der Waals surface area (Å²) in [7, 11) is 3.08. The molecule has 2 aromatic rings. The van der Waals surface area contributed by atoms with Crippen LogP contribution in [-0.2, 0) is 9.59 Å². The molecule has 1 fully saturated rings. The molecule has 0 atom stereocenters. The molecule has 2 aromatic carbocycles. The lowest BCUT2D eigenvalue weighted by Crippen LogP contribution is -2.35. The maximum atomic E-state index is 12.8. The van der Waals surface area contributed by atoms with Gasteiger partial charge in [0.15, 0.2) is 11.5 Å². The largest absolute Gasteiger partial charge is 0.493 e. The third-order valence-corrected chi connectivity index (χ3v) is 5.03. The van der Waals surface area contributed by atoms with Crippen LogP contribution in [0.5, 0.6) is 11.5 Å². The van der Waals surface area contributed by atoms with Crippen molar-refractivity contribution in [2.45, 2.75) is 26.7 Å². The number of benzene rings is 2. The monoisotopic (exact) mass is 368 g/mol. The molecule has 2 amide bonds. The molecule has 0 unspecified atom stereocenters. The molecule has 6 nitrogen and oxygen atoms in total. The van der Waals surface area contributed by atoms with Gasteiger partial charge in [-0.1, -0.05) is 6.07 Å². The fourth-order valence-electron chi connectivity index (χ4n) is 2.92. The molecule has 2 N–H and O–H groups in total. The predicted octanol–water partition coefficient (Wildman–Crippen LogP) is 3.68. The number of anilines is 2. The summed E-state index contributed by atoms with van der Waals surface area (Å²) in [5.74, 6) is 0.503. The van der Waals surface area contributed by atoms with Crippen molar-refractivity contribution in [3.05, 3.63) is 47.5 Å². The second kappa shape index (κ2) is 7.31. The number of carbonyl (C=O) groups excluding carboxylic acids is 2.